The largest absolute Gasteiger partial charge is 0.310 e. The van der Waals surface area contributed by atoms with Gasteiger partial charge in [0.25, 0.3) is 0 Å². The fraction of sp³-hybridized carbons (Fsp3) is 0.500. The summed E-state index contributed by atoms with van der Waals surface area (Å²) in [6, 6.07) is 9.50. The standard InChI is InChI=1S/C16H23N/c1-2-3-8-13-17-16-12-7-5-10-14-9-4-6-11-15(14)16/h2-4,6,9,11,16-17H,5,7-8,10,12-13H2,1H3/b3-2+. The van der Waals surface area contributed by atoms with Gasteiger partial charge in [0.15, 0.2) is 0 Å². The molecule has 0 heterocycles. The van der Waals surface area contributed by atoms with Crippen LogP contribution in [-0.2, 0) is 6.42 Å². The van der Waals surface area contributed by atoms with E-state index in [-0.39, 0.29) is 0 Å². The van der Waals surface area contributed by atoms with Gasteiger partial charge < -0.3 is 5.32 Å². The number of benzene rings is 1. The molecule has 1 atom stereocenters. The molecule has 0 bridgehead atoms. The summed E-state index contributed by atoms with van der Waals surface area (Å²) in [7, 11) is 0. The van der Waals surface area contributed by atoms with Gasteiger partial charge in [-0.1, -0.05) is 42.8 Å². The van der Waals surface area contributed by atoms with Crippen molar-refractivity contribution in [2.75, 3.05) is 6.54 Å². The topological polar surface area (TPSA) is 12.0 Å². The molecule has 0 spiro atoms. The Kier molecular flexibility index (Phi) is 4.81. The number of nitrogens with one attached hydrogen (secondary N) is 1. The highest BCUT2D eigenvalue weighted by atomic mass is 14.9. The van der Waals surface area contributed by atoms with Crippen molar-refractivity contribution in [3.05, 3.63) is 47.5 Å². The van der Waals surface area contributed by atoms with Gasteiger partial charge in [-0.15, -0.1) is 0 Å². The van der Waals surface area contributed by atoms with E-state index < -0.39 is 0 Å². The van der Waals surface area contributed by atoms with Crippen LogP contribution in [-0.4, -0.2) is 6.54 Å². The summed E-state index contributed by atoms with van der Waals surface area (Å²) >= 11 is 0. The summed E-state index contributed by atoms with van der Waals surface area (Å²) < 4.78 is 0. The van der Waals surface area contributed by atoms with E-state index in [2.05, 4.69) is 48.7 Å². The molecule has 1 N–H and O–H groups in total. The number of aryl methyl sites for hydroxylation is 1. The minimum Gasteiger partial charge on any atom is -0.310 e. The molecular formula is C16H23N. The highest BCUT2D eigenvalue weighted by molar-refractivity contribution is 5.31. The Morgan fingerprint density at radius 1 is 1.29 bits per heavy atom. The highest BCUT2D eigenvalue weighted by Gasteiger charge is 2.16. The molecule has 0 fully saturated rings. The summed E-state index contributed by atoms with van der Waals surface area (Å²) in [4.78, 5) is 0. The van der Waals surface area contributed by atoms with E-state index in [4.69, 9.17) is 0 Å². The van der Waals surface area contributed by atoms with Crippen molar-refractivity contribution in [2.24, 2.45) is 0 Å². The average molecular weight is 229 g/mol. The lowest BCUT2D eigenvalue weighted by Gasteiger charge is -2.19. The monoisotopic (exact) mass is 229 g/mol. The summed E-state index contributed by atoms with van der Waals surface area (Å²) in [5, 5.41) is 3.70. The number of allylic oxidation sites excluding steroid dienone is 1. The second-order valence-electron chi connectivity index (χ2n) is 4.81. The molecule has 0 saturated carbocycles. The fourth-order valence-corrected chi connectivity index (χ4v) is 2.64. The molecule has 1 heteroatoms. The van der Waals surface area contributed by atoms with Crippen molar-refractivity contribution in [2.45, 2.75) is 45.1 Å². The van der Waals surface area contributed by atoms with Gasteiger partial charge in [-0.25, -0.2) is 0 Å². The maximum atomic E-state index is 3.70. The van der Waals surface area contributed by atoms with Crippen LogP contribution in [0.25, 0.3) is 0 Å². The van der Waals surface area contributed by atoms with Crippen LogP contribution in [0.15, 0.2) is 36.4 Å². The minimum absolute atomic E-state index is 0.568. The van der Waals surface area contributed by atoms with Crippen LogP contribution in [0.3, 0.4) is 0 Å². The Morgan fingerprint density at radius 3 is 3.06 bits per heavy atom. The summed E-state index contributed by atoms with van der Waals surface area (Å²) in [6.45, 7) is 3.17. The summed E-state index contributed by atoms with van der Waals surface area (Å²) in [5.74, 6) is 0. The molecule has 1 aliphatic rings. The van der Waals surface area contributed by atoms with Crippen molar-refractivity contribution in [3.63, 3.8) is 0 Å². The highest BCUT2D eigenvalue weighted by Crippen LogP contribution is 2.28. The quantitative estimate of drug-likeness (QED) is 0.467. The zero-order valence-electron chi connectivity index (χ0n) is 10.8. The van der Waals surface area contributed by atoms with E-state index >= 15 is 0 Å². The third-order valence-corrected chi connectivity index (χ3v) is 3.56. The van der Waals surface area contributed by atoms with E-state index in [1.165, 1.54) is 31.2 Å². The van der Waals surface area contributed by atoms with Crippen LogP contribution in [0.5, 0.6) is 0 Å². The Hall–Kier alpha value is -1.08. The molecule has 17 heavy (non-hydrogen) atoms. The van der Waals surface area contributed by atoms with E-state index in [0.717, 1.165) is 13.0 Å². The molecule has 1 aromatic rings. The second-order valence-corrected chi connectivity index (χ2v) is 4.81. The molecule has 0 saturated heterocycles. The van der Waals surface area contributed by atoms with Gasteiger partial charge in [-0.05, 0) is 50.3 Å². The predicted octanol–water partition coefficient (Wildman–Crippen LogP) is 4.01. The molecule has 0 radical (unpaired) electrons. The van der Waals surface area contributed by atoms with Gasteiger partial charge >= 0.3 is 0 Å². The Bertz CT molecular complexity index is 368. The molecular weight excluding hydrogens is 206 g/mol. The molecule has 0 aromatic heterocycles. The zero-order chi connectivity index (χ0) is 11.9. The number of fused-ring (bicyclic) bond motifs is 1. The first-order valence-electron chi connectivity index (χ1n) is 6.84. The molecule has 1 unspecified atom stereocenters. The van der Waals surface area contributed by atoms with Gasteiger partial charge in [0.2, 0.25) is 0 Å². The molecule has 1 nitrogen and oxygen atoms in total. The second kappa shape index (κ2) is 6.61. The SMILES string of the molecule is C/C=C/CCNC1CCCCc2ccccc21. The van der Waals surface area contributed by atoms with Gasteiger partial charge in [-0.3, -0.25) is 0 Å². The summed E-state index contributed by atoms with van der Waals surface area (Å²) in [6.07, 6.45) is 10.7. The minimum atomic E-state index is 0.568. The lowest BCUT2D eigenvalue weighted by molar-refractivity contribution is 0.495. The Labute approximate surface area is 105 Å². The Balaban J connectivity index is 2.01. The average Bonchev–Trinajstić information content (AvgIpc) is 2.57. The number of hydrogen-bond donors (Lipinski definition) is 1. The predicted molar refractivity (Wildman–Crippen MR) is 74.2 cm³/mol. The van der Waals surface area contributed by atoms with E-state index in [1.54, 1.807) is 5.56 Å². The van der Waals surface area contributed by atoms with E-state index in [9.17, 15) is 0 Å². The normalized spacial score (nSPS) is 20.2. The van der Waals surface area contributed by atoms with Gasteiger partial charge in [-0.2, -0.15) is 0 Å². The van der Waals surface area contributed by atoms with E-state index in [0.29, 0.717) is 6.04 Å². The first kappa shape index (κ1) is 12.4. The number of rotatable bonds is 4. The smallest absolute Gasteiger partial charge is 0.0323 e. The van der Waals surface area contributed by atoms with Crippen molar-refractivity contribution < 1.29 is 0 Å². The van der Waals surface area contributed by atoms with E-state index in [1.807, 2.05) is 0 Å². The molecule has 2 rings (SSSR count). The maximum Gasteiger partial charge on any atom is 0.0323 e. The lowest BCUT2D eigenvalue weighted by Crippen LogP contribution is -2.22. The van der Waals surface area contributed by atoms with Crippen LogP contribution in [0, 0.1) is 0 Å². The van der Waals surface area contributed by atoms with Crippen molar-refractivity contribution >= 4 is 0 Å². The lowest BCUT2D eigenvalue weighted by atomic mass is 9.99. The first-order chi connectivity index (χ1) is 8.42. The van der Waals surface area contributed by atoms with Crippen molar-refractivity contribution in [1.82, 2.24) is 5.32 Å². The molecule has 0 aliphatic heterocycles. The third kappa shape index (κ3) is 3.44. The van der Waals surface area contributed by atoms with Crippen molar-refractivity contribution in [3.8, 4) is 0 Å². The maximum absolute atomic E-state index is 3.70. The zero-order valence-corrected chi connectivity index (χ0v) is 10.8. The molecule has 92 valence electrons. The number of hydrogen-bond acceptors (Lipinski definition) is 1. The molecule has 1 aromatic carbocycles. The van der Waals surface area contributed by atoms with Gasteiger partial charge in [0.05, 0.1) is 0 Å². The first-order valence-corrected chi connectivity index (χ1v) is 6.84. The molecule has 0 amide bonds. The molecule has 1 aliphatic carbocycles. The van der Waals surface area contributed by atoms with Crippen molar-refractivity contribution in [1.29, 1.82) is 0 Å². The fourth-order valence-electron chi connectivity index (χ4n) is 2.64. The third-order valence-electron chi connectivity index (χ3n) is 3.56. The van der Waals surface area contributed by atoms with Crippen LogP contribution >= 0.6 is 0 Å². The van der Waals surface area contributed by atoms with Crippen LogP contribution in [0.1, 0.15) is 49.8 Å². The van der Waals surface area contributed by atoms with Gasteiger partial charge in [0, 0.05) is 6.04 Å². The van der Waals surface area contributed by atoms with Gasteiger partial charge in [0.1, 0.15) is 0 Å². The Morgan fingerprint density at radius 2 is 2.18 bits per heavy atom. The van der Waals surface area contributed by atoms with Crippen LogP contribution in [0.2, 0.25) is 0 Å². The van der Waals surface area contributed by atoms with Crippen LogP contribution < -0.4 is 5.32 Å². The van der Waals surface area contributed by atoms with Crippen LogP contribution in [0.4, 0.5) is 0 Å². The summed E-state index contributed by atoms with van der Waals surface area (Å²) in [5.41, 5.74) is 3.08.